The third-order valence-corrected chi connectivity index (χ3v) is 4.81. The molecule has 0 aromatic rings. The Morgan fingerprint density at radius 3 is 2.24 bits per heavy atom. The lowest BCUT2D eigenvalue weighted by molar-refractivity contribution is -0.155. The summed E-state index contributed by atoms with van der Waals surface area (Å²) in [4.78, 5) is 32.7. The number of carboxylic acids is 1. The van der Waals surface area contributed by atoms with Crippen molar-refractivity contribution in [3.8, 4) is 0 Å². The first kappa shape index (κ1) is 27.3. The Balaban J connectivity index is 4.17. The number of carboxylic acid groups (broad SMARTS) is 1. The zero-order chi connectivity index (χ0) is 21.7. The van der Waals surface area contributed by atoms with Gasteiger partial charge in [0, 0.05) is 19.3 Å². The van der Waals surface area contributed by atoms with Crippen molar-refractivity contribution in [3.05, 3.63) is 12.2 Å². The molecule has 0 aliphatic rings. The van der Waals surface area contributed by atoms with E-state index in [0.29, 0.717) is 19.3 Å². The summed E-state index contributed by atoms with van der Waals surface area (Å²) in [7, 11) is 0. The maximum Gasteiger partial charge on any atom is 0.306 e. The number of aldehydes is 1. The van der Waals surface area contributed by atoms with Gasteiger partial charge < -0.3 is 19.7 Å². The largest absolute Gasteiger partial charge is 0.481 e. The van der Waals surface area contributed by atoms with E-state index in [4.69, 9.17) is 9.84 Å². The van der Waals surface area contributed by atoms with E-state index in [9.17, 15) is 19.5 Å². The SMILES string of the molecule is CCCCCC(OC(=O)CCCC(=O)O)C(O)C/C=C\CCCCCCCC=O. The molecule has 0 radical (unpaired) electrons. The first-order valence-electron chi connectivity index (χ1n) is 11.2. The Morgan fingerprint density at radius 2 is 1.59 bits per heavy atom. The Morgan fingerprint density at radius 1 is 0.897 bits per heavy atom. The number of ether oxygens (including phenoxy) is 1. The molecule has 0 saturated carbocycles. The summed E-state index contributed by atoms with van der Waals surface area (Å²) in [6.07, 6.45) is 15.0. The minimum Gasteiger partial charge on any atom is -0.481 e. The van der Waals surface area contributed by atoms with Crippen LogP contribution in [-0.4, -0.2) is 40.6 Å². The number of aliphatic hydroxyl groups is 1. The summed E-state index contributed by atoms with van der Waals surface area (Å²) in [6.45, 7) is 2.09. The van der Waals surface area contributed by atoms with Crippen LogP contribution in [0.4, 0.5) is 0 Å². The Bertz CT molecular complexity index is 460. The molecule has 0 aliphatic carbocycles. The lowest BCUT2D eigenvalue weighted by atomic mass is 10.0. The quantitative estimate of drug-likeness (QED) is 0.127. The molecule has 0 rings (SSSR count). The summed E-state index contributed by atoms with van der Waals surface area (Å²) in [5.41, 5.74) is 0. The molecule has 0 saturated heterocycles. The molecular formula is C23H40O6. The van der Waals surface area contributed by atoms with Gasteiger partial charge in [0.05, 0.1) is 6.10 Å². The summed E-state index contributed by atoms with van der Waals surface area (Å²) >= 11 is 0. The number of unbranched alkanes of at least 4 members (excludes halogenated alkanes) is 8. The number of hydrogen-bond donors (Lipinski definition) is 2. The van der Waals surface area contributed by atoms with Crippen molar-refractivity contribution in [2.45, 2.75) is 115 Å². The fourth-order valence-electron chi connectivity index (χ4n) is 3.06. The van der Waals surface area contributed by atoms with Crippen molar-refractivity contribution in [2.75, 3.05) is 0 Å². The molecular weight excluding hydrogens is 372 g/mol. The lowest BCUT2D eigenvalue weighted by Gasteiger charge is -2.22. The number of aliphatic hydroxyl groups excluding tert-OH is 1. The van der Waals surface area contributed by atoms with Crippen molar-refractivity contribution < 1.29 is 29.3 Å². The van der Waals surface area contributed by atoms with Crippen LogP contribution in [0, 0.1) is 0 Å². The molecule has 6 nitrogen and oxygen atoms in total. The molecule has 0 aliphatic heterocycles. The monoisotopic (exact) mass is 412 g/mol. The van der Waals surface area contributed by atoms with Crippen LogP contribution in [0.5, 0.6) is 0 Å². The van der Waals surface area contributed by atoms with Crippen LogP contribution in [0.2, 0.25) is 0 Å². The molecule has 0 heterocycles. The summed E-state index contributed by atoms with van der Waals surface area (Å²) in [5.74, 6) is -1.37. The van der Waals surface area contributed by atoms with Gasteiger partial charge in [-0.3, -0.25) is 9.59 Å². The maximum absolute atomic E-state index is 12.0. The van der Waals surface area contributed by atoms with E-state index >= 15 is 0 Å². The zero-order valence-electron chi connectivity index (χ0n) is 18.0. The van der Waals surface area contributed by atoms with Crippen molar-refractivity contribution in [1.82, 2.24) is 0 Å². The van der Waals surface area contributed by atoms with Crippen LogP contribution in [-0.2, 0) is 19.1 Å². The molecule has 2 N–H and O–H groups in total. The van der Waals surface area contributed by atoms with Gasteiger partial charge in [0.1, 0.15) is 12.4 Å². The van der Waals surface area contributed by atoms with Crippen LogP contribution in [0.15, 0.2) is 12.2 Å². The highest BCUT2D eigenvalue weighted by Crippen LogP contribution is 2.16. The van der Waals surface area contributed by atoms with Crippen molar-refractivity contribution in [2.24, 2.45) is 0 Å². The molecule has 0 amide bonds. The average molecular weight is 413 g/mol. The summed E-state index contributed by atoms with van der Waals surface area (Å²) in [6, 6.07) is 0. The van der Waals surface area contributed by atoms with Crippen molar-refractivity contribution in [3.63, 3.8) is 0 Å². The van der Waals surface area contributed by atoms with Gasteiger partial charge in [-0.1, -0.05) is 51.2 Å². The van der Waals surface area contributed by atoms with Gasteiger partial charge in [-0.15, -0.1) is 0 Å². The molecule has 29 heavy (non-hydrogen) atoms. The second-order valence-electron chi connectivity index (χ2n) is 7.56. The number of aliphatic carboxylic acids is 1. The first-order valence-corrected chi connectivity index (χ1v) is 11.2. The van der Waals surface area contributed by atoms with Crippen LogP contribution in [0.25, 0.3) is 0 Å². The van der Waals surface area contributed by atoms with Gasteiger partial charge in [0.2, 0.25) is 0 Å². The molecule has 6 heteroatoms. The van der Waals surface area contributed by atoms with Gasteiger partial charge in [-0.05, 0) is 44.9 Å². The fourth-order valence-corrected chi connectivity index (χ4v) is 3.06. The van der Waals surface area contributed by atoms with Crippen LogP contribution < -0.4 is 0 Å². The second-order valence-corrected chi connectivity index (χ2v) is 7.56. The number of carbonyl (C=O) groups excluding carboxylic acids is 2. The molecule has 0 aromatic heterocycles. The normalized spacial score (nSPS) is 13.3. The zero-order valence-corrected chi connectivity index (χ0v) is 18.0. The van der Waals surface area contributed by atoms with E-state index in [0.717, 1.165) is 64.1 Å². The lowest BCUT2D eigenvalue weighted by Crippen LogP contribution is -2.31. The number of esters is 1. The average Bonchev–Trinajstić information content (AvgIpc) is 2.68. The summed E-state index contributed by atoms with van der Waals surface area (Å²) in [5, 5.41) is 19.1. The van der Waals surface area contributed by atoms with Gasteiger partial charge in [0.15, 0.2) is 0 Å². The van der Waals surface area contributed by atoms with Gasteiger partial charge >= 0.3 is 11.9 Å². The molecule has 0 spiro atoms. The second kappa shape index (κ2) is 19.6. The highest BCUT2D eigenvalue weighted by molar-refractivity contribution is 5.71. The van der Waals surface area contributed by atoms with E-state index in [2.05, 4.69) is 13.0 Å². The smallest absolute Gasteiger partial charge is 0.306 e. The van der Waals surface area contributed by atoms with Crippen molar-refractivity contribution >= 4 is 18.2 Å². The molecule has 0 aromatic carbocycles. The van der Waals surface area contributed by atoms with E-state index in [-0.39, 0.29) is 19.3 Å². The molecule has 2 unspecified atom stereocenters. The minimum atomic E-state index is -0.927. The highest BCUT2D eigenvalue weighted by atomic mass is 16.6. The number of allylic oxidation sites excluding steroid dienone is 1. The van der Waals surface area contributed by atoms with E-state index in [1.807, 2.05) is 6.08 Å². The van der Waals surface area contributed by atoms with Gasteiger partial charge in [-0.2, -0.15) is 0 Å². The van der Waals surface area contributed by atoms with E-state index in [1.165, 1.54) is 0 Å². The van der Waals surface area contributed by atoms with Crippen molar-refractivity contribution in [1.29, 1.82) is 0 Å². The van der Waals surface area contributed by atoms with E-state index < -0.39 is 24.1 Å². The Hall–Kier alpha value is -1.69. The van der Waals surface area contributed by atoms with E-state index in [1.54, 1.807) is 0 Å². The minimum absolute atomic E-state index is 0.0576. The molecule has 2 atom stereocenters. The fraction of sp³-hybridized carbons (Fsp3) is 0.783. The number of rotatable bonds is 20. The Kier molecular flexibility index (Phi) is 18.5. The van der Waals surface area contributed by atoms with Crippen LogP contribution in [0.3, 0.4) is 0 Å². The topological polar surface area (TPSA) is 101 Å². The van der Waals surface area contributed by atoms with Gasteiger partial charge in [-0.25, -0.2) is 0 Å². The predicted octanol–water partition coefficient (Wildman–Crippen LogP) is 4.97. The van der Waals surface area contributed by atoms with Crippen LogP contribution >= 0.6 is 0 Å². The predicted molar refractivity (Wildman–Crippen MR) is 114 cm³/mol. The maximum atomic E-state index is 12.0. The molecule has 0 fully saturated rings. The highest BCUT2D eigenvalue weighted by Gasteiger charge is 2.22. The van der Waals surface area contributed by atoms with Crippen LogP contribution in [0.1, 0.15) is 103 Å². The van der Waals surface area contributed by atoms with Gasteiger partial charge in [0.25, 0.3) is 0 Å². The first-order chi connectivity index (χ1) is 14.0. The third kappa shape index (κ3) is 18.1. The standard InChI is InChI=1S/C23H40O6/c1-2-3-11-16-21(29-23(28)18-14-17-22(26)27)20(25)15-12-9-7-5-4-6-8-10-13-19-24/h9,12,19-21,25H,2-8,10-11,13-18H2,1H3,(H,26,27)/b12-9-. The molecule has 168 valence electrons. The number of hydrogen-bond acceptors (Lipinski definition) is 5. The number of carbonyl (C=O) groups is 3. The molecule has 0 bridgehead atoms. The Labute approximate surface area is 175 Å². The third-order valence-electron chi connectivity index (χ3n) is 4.81. The summed E-state index contributed by atoms with van der Waals surface area (Å²) < 4.78 is 5.44.